The molecular formula is C20H13Cl2F3N2O2. The molecule has 4 nitrogen and oxygen atoms in total. The van der Waals surface area contributed by atoms with Crippen molar-refractivity contribution in [1.82, 2.24) is 4.57 Å². The molecule has 0 aliphatic heterocycles. The Hall–Kier alpha value is -2.77. The maximum atomic E-state index is 12.6. The zero-order valence-corrected chi connectivity index (χ0v) is 16.1. The highest BCUT2D eigenvalue weighted by molar-refractivity contribution is 6.42. The van der Waals surface area contributed by atoms with E-state index in [0.29, 0.717) is 15.6 Å². The minimum Gasteiger partial charge on any atom is -0.322 e. The molecule has 0 saturated heterocycles. The number of amides is 1. The lowest BCUT2D eigenvalue weighted by molar-refractivity contribution is -0.137. The SMILES string of the molecule is O=C(Nc1ccc(C(F)(F)F)cc1)c1ccc(=O)n(Cc2ccc(Cl)c(Cl)c2)c1. The monoisotopic (exact) mass is 440 g/mol. The molecule has 0 saturated carbocycles. The molecule has 0 aliphatic carbocycles. The minimum atomic E-state index is -4.46. The van der Waals surface area contributed by atoms with Crippen molar-refractivity contribution >= 4 is 34.8 Å². The normalized spacial score (nSPS) is 11.3. The van der Waals surface area contributed by atoms with Gasteiger partial charge in [-0.3, -0.25) is 9.59 Å². The van der Waals surface area contributed by atoms with Gasteiger partial charge in [0.25, 0.3) is 11.5 Å². The van der Waals surface area contributed by atoms with Crippen LogP contribution in [0.5, 0.6) is 0 Å². The molecule has 9 heteroatoms. The van der Waals surface area contributed by atoms with Crippen LogP contribution in [0.2, 0.25) is 10.0 Å². The van der Waals surface area contributed by atoms with Crippen LogP contribution in [0.15, 0.2) is 65.6 Å². The van der Waals surface area contributed by atoms with Gasteiger partial charge in [-0.25, -0.2) is 0 Å². The molecule has 3 aromatic rings. The van der Waals surface area contributed by atoms with Crippen molar-refractivity contribution in [2.45, 2.75) is 12.7 Å². The van der Waals surface area contributed by atoms with Crippen LogP contribution >= 0.6 is 23.2 Å². The largest absolute Gasteiger partial charge is 0.416 e. The molecule has 0 radical (unpaired) electrons. The Kier molecular flexibility index (Phi) is 6.00. The molecule has 1 N–H and O–H groups in total. The number of hydrogen-bond donors (Lipinski definition) is 1. The average molecular weight is 441 g/mol. The summed E-state index contributed by atoms with van der Waals surface area (Å²) in [5, 5.41) is 3.23. The number of nitrogens with one attached hydrogen (secondary N) is 1. The third-order valence-corrected chi connectivity index (χ3v) is 4.79. The van der Waals surface area contributed by atoms with Crippen molar-refractivity contribution in [1.29, 1.82) is 0 Å². The van der Waals surface area contributed by atoms with E-state index in [1.807, 2.05) is 0 Å². The quantitative estimate of drug-likeness (QED) is 0.584. The Morgan fingerprint density at radius 3 is 2.28 bits per heavy atom. The molecular weight excluding hydrogens is 428 g/mol. The number of carbonyl (C=O) groups is 1. The van der Waals surface area contributed by atoms with E-state index in [1.165, 1.54) is 22.9 Å². The first-order chi connectivity index (χ1) is 13.6. The van der Waals surface area contributed by atoms with E-state index in [-0.39, 0.29) is 23.4 Å². The number of benzene rings is 2. The Morgan fingerprint density at radius 1 is 0.966 bits per heavy atom. The number of anilines is 1. The predicted molar refractivity (Wildman–Crippen MR) is 106 cm³/mol. The lowest BCUT2D eigenvalue weighted by Crippen LogP contribution is -2.22. The number of rotatable bonds is 4. The van der Waals surface area contributed by atoms with Gasteiger partial charge in [0.1, 0.15) is 0 Å². The summed E-state index contributed by atoms with van der Waals surface area (Å²) < 4.78 is 39.2. The smallest absolute Gasteiger partial charge is 0.322 e. The highest BCUT2D eigenvalue weighted by Gasteiger charge is 2.30. The van der Waals surface area contributed by atoms with Gasteiger partial charge in [-0.2, -0.15) is 13.2 Å². The van der Waals surface area contributed by atoms with E-state index in [1.54, 1.807) is 18.2 Å². The maximum absolute atomic E-state index is 12.6. The summed E-state index contributed by atoms with van der Waals surface area (Å²) in [6, 6.07) is 11.6. The fraction of sp³-hybridized carbons (Fsp3) is 0.100. The van der Waals surface area contributed by atoms with Crippen molar-refractivity contribution in [2.24, 2.45) is 0 Å². The van der Waals surface area contributed by atoms with Gasteiger partial charge >= 0.3 is 6.18 Å². The molecule has 2 aromatic carbocycles. The maximum Gasteiger partial charge on any atom is 0.416 e. The van der Waals surface area contributed by atoms with Gasteiger partial charge in [0.2, 0.25) is 0 Å². The van der Waals surface area contributed by atoms with E-state index in [0.717, 1.165) is 24.3 Å². The summed E-state index contributed by atoms with van der Waals surface area (Å²) >= 11 is 11.9. The number of aromatic nitrogens is 1. The highest BCUT2D eigenvalue weighted by atomic mass is 35.5. The Morgan fingerprint density at radius 2 is 1.66 bits per heavy atom. The zero-order chi connectivity index (χ0) is 21.2. The number of halogens is 5. The molecule has 0 unspecified atom stereocenters. The first-order valence-electron chi connectivity index (χ1n) is 8.26. The number of pyridine rings is 1. The van der Waals surface area contributed by atoms with E-state index in [2.05, 4.69) is 5.32 Å². The van der Waals surface area contributed by atoms with Gasteiger partial charge in [0.05, 0.1) is 27.7 Å². The van der Waals surface area contributed by atoms with Gasteiger partial charge in [-0.1, -0.05) is 29.3 Å². The summed E-state index contributed by atoms with van der Waals surface area (Å²) in [6.07, 6.45) is -3.09. The van der Waals surface area contributed by atoms with Crippen LogP contribution < -0.4 is 10.9 Å². The second-order valence-electron chi connectivity index (χ2n) is 6.16. The molecule has 150 valence electrons. The number of alkyl halides is 3. The average Bonchev–Trinajstić information content (AvgIpc) is 2.66. The highest BCUT2D eigenvalue weighted by Crippen LogP contribution is 2.30. The van der Waals surface area contributed by atoms with Gasteiger partial charge in [0, 0.05) is 18.0 Å². The van der Waals surface area contributed by atoms with Gasteiger partial charge in [0.15, 0.2) is 0 Å². The molecule has 3 rings (SSSR count). The van der Waals surface area contributed by atoms with E-state index >= 15 is 0 Å². The van der Waals surface area contributed by atoms with E-state index in [9.17, 15) is 22.8 Å². The third-order valence-electron chi connectivity index (χ3n) is 4.05. The number of carbonyl (C=O) groups excluding carboxylic acids is 1. The van der Waals surface area contributed by atoms with Crippen molar-refractivity contribution in [3.05, 3.63) is 97.9 Å². The molecule has 29 heavy (non-hydrogen) atoms. The number of hydrogen-bond acceptors (Lipinski definition) is 2. The predicted octanol–water partition coefficient (Wildman–Crippen LogP) is 5.47. The van der Waals surface area contributed by atoms with Crippen molar-refractivity contribution in [3.8, 4) is 0 Å². The molecule has 0 aliphatic rings. The molecule has 0 fully saturated rings. The standard InChI is InChI=1S/C20H13Cl2F3N2O2/c21-16-7-1-12(9-17(16)22)10-27-11-13(2-8-18(27)28)19(29)26-15-5-3-14(4-6-15)20(23,24)25/h1-9,11H,10H2,(H,26,29). The van der Waals surface area contributed by atoms with Crippen molar-refractivity contribution in [3.63, 3.8) is 0 Å². The molecule has 1 amide bonds. The number of nitrogens with zero attached hydrogens (tertiary/aromatic N) is 1. The Bertz CT molecular complexity index is 1110. The lowest BCUT2D eigenvalue weighted by atomic mass is 10.2. The Balaban J connectivity index is 1.78. The van der Waals surface area contributed by atoms with E-state index in [4.69, 9.17) is 23.2 Å². The second kappa shape index (κ2) is 8.31. The minimum absolute atomic E-state index is 0.164. The second-order valence-corrected chi connectivity index (χ2v) is 6.98. The summed E-state index contributed by atoms with van der Waals surface area (Å²) in [4.78, 5) is 24.5. The summed E-state index contributed by atoms with van der Waals surface area (Å²) in [5.74, 6) is -0.562. The summed E-state index contributed by atoms with van der Waals surface area (Å²) in [6.45, 7) is 0.164. The Labute approximate surface area is 173 Å². The molecule has 1 heterocycles. The first kappa shape index (κ1) is 21.0. The van der Waals surface area contributed by atoms with Crippen LogP contribution in [-0.2, 0) is 12.7 Å². The molecule has 0 bridgehead atoms. The van der Waals surface area contributed by atoms with E-state index < -0.39 is 17.6 Å². The van der Waals surface area contributed by atoms with Crippen LogP contribution in [0.1, 0.15) is 21.5 Å². The van der Waals surface area contributed by atoms with Crippen molar-refractivity contribution in [2.75, 3.05) is 5.32 Å². The van der Waals surface area contributed by atoms with Crippen LogP contribution in [0.3, 0.4) is 0 Å². The fourth-order valence-electron chi connectivity index (χ4n) is 2.57. The third kappa shape index (κ3) is 5.19. The van der Waals surface area contributed by atoms with Gasteiger partial charge in [-0.15, -0.1) is 0 Å². The van der Waals surface area contributed by atoms with Crippen LogP contribution in [0.4, 0.5) is 18.9 Å². The summed E-state index contributed by atoms with van der Waals surface area (Å²) in [5.41, 5.74) is -0.0654. The van der Waals surface area contributed by atoms with Gasteiger partial charge in [-0.05, 0) is 48.0 Å². The fourth-order valence-corrected chi connectivity index (χ4v) is 2.89. The van der Waals surface area contributed by atoms with Crippen LogP contribution in [0, 0.1) is 0 Å². The topological polar surface area (TPSA) is 51.1 Å². The zero-order valence-electron chi connectivity index (χ0n) is 14.6. The van der Waals surface area contributed by atoms with Gasteiger partial charge < -0.3 is 9.88 Å². The lowest BCUT2D eigenvalue weighted by Gasteiger charge is -2.11. The van der Waals surface area contributed by atoms with Crippen LogP contribution in [-0.4, -0.2) is 10.5 Å². The first-order valence-corrected chi connectivity index (χ1v) is 9.02. The van der Waals surface area contributed by atoms with Crippen LogP contribution in [0.25, 0.3) is 0 Å². The van der Waals surface area contributed by atoms with Crippen molar-refractivity contribution < 1.29 is 18.0 Å². The summed E-state index contributed by atoms with van der Waals surface area (Å²) in [7, 11) is 0. The molecule has 0 atom stereocenters. The molecule has 0 spiro atoms. The molecule has 1 aromatic heterocycles.